The van der Waals surface area contributed by atoms with Gasteiger partial charge < -0.3 is 9.84 Å². The van der Waals surface area contributed by atoms with E-state index in [0.29, 0.717) is 0 Å². The van der Waals surface area contributed by atoms with Gasteiger partial charge in [-0.05, 0) is 61.6 Å². The Morgan fingerprint density at radius 3 is 2.50 bits per heavy atom. The summed E-state index contributed by atoms with van der Waals surface area (Å²) in [5, 5.41) is 8.93. The monoisotopic (exact) mass is 246 g/mol. The molecular weight excluding hydrogens is 224 g/mol. The lowest BCUT2D eigenvalue weighted by atomic mass is 9.97. The third-order valence-corrected chi connectivity index (χ3v) is 3.22. The van der Waals surface area contributed by atoms with Gasteiger partial charge >= 0.3 is 0 Å². The molecule has 0 radical (unpaired) electrons. The fraction of sp³-hybridized carbons (Fsp3) is 0.375. The highest BCUT2D eigenvalue weighted by atomic mass is 16.5. The number of methoxy groups -OCH3 is 1. The Labute approximate surface area is 110 Å². The van der Waals surface area contributed by atoms with Gasteiger partial charge in [0, 0.05) is 0 Å². The number of hydrogen-bond acceptors (Lipinski definition) is 2. The lowest BCUT2D eigenvalue weighted by Gasteiger charge is -2.13. The Morgan fingerprint density at radius 1 is 1.28 bits per heavy atom. The molecule has 98 valence electrons. The zero-order valence-electron chi connectivity index (χ0n) is 11.9. The number of ether oxygens (including phenoxy) is 1. The van der Waals surface area contributed by atoms with E-state index in [1.165, 1.54) is 22.3 Å². The van der Waals surface area contributed by atoms with Gasteiger partial charge in [-0.2, -0.15) is 0 Å². The average Bonchev–Trinajstić information content (AvgIpc) is 2.37. The van der Waals surface area contributed by atoms with Gasteiger partial charge in [0.2, 0.25) is 0 Å². The van der Waals surface area contributed by atoms with Crippen molar-refractivity contribution in [1.82, 2.24) is 0 Å². The van der Waals surface area contributed by atoms with E-state index >= 15 is 0 Å². The highest BCUT2D eigenvalue weighted by Crippen LogP contribution is 2.28. The van der Waals surface area contributed by atoms with Crippen LogP contribution in [0.15, 0.2) is 23.8 Å². The summed E-state index contributed by atoms with van der Waals surface area (Å²) in [6.45, 7) is 8.26. The second-order valence-electron chi connectivity index (χ2n) is 4.59. The third kappa shape index (κ3) is 3.23. The van der Waals surface area contributed by atoms with E-state index in [4.69, 9.17) is 9.84 Å². The van der Waals surface area contributed by atoms with E-state index < -0.39 is 0 Å². The summed E-state index contributed by atoms with van der Waals surface area (Å²) in [5.74, 6) is 0.934. The summed E-state index contributed by atoms with van der Waals surface area (Å²) in [5.41, 5.74) is 5.77. The van der Waals surface area contributed by atoms with Gasteiger partial charge in [0.15, 0.2) is 0 Å². The molecule has 0 aliphatic heterocycles. The number of allylic oxidation sites excluding steroid dienone is 2. The van der Waals surface area contributed by atoms with Crippen molar-refractivity contribution in [3.8, 4) is 5.75 Å². The van der Waals surface area contributed by atoms with Gasteiger partial charge in [0.05, 0.1) is 13.7 Å². The zero-order chi connectivity index (χ0) is 13.7. The quantitative estimate of drug-likeness (QED) is 0.823. The van der Waals surface area contributed by atoms with Crippen LogP contribution in [0.25, 0.3) is 6.08 Å². The Balaban J connectivity index is 3.15. The largest absolute Gasteiger partial charge is 0.496 e. The van der Waals surface area contributed by atoms with Crippen LogP contribution in [0.5, 0.6) is 5.75 Å². The van der Waals surface area contributed by atoms with Crippen molar-refractivity contribution in [2.75, 3.05) is 13.7 Å². The summed E-state index contributed by atoms with van der Waals surface area (Å²) in [7, 11) is 1.70. The lowest BCUT2D eigenvalue weighted by Crippen LogP contribution is -1.95. The second-order valence-corrected chi connectivity index (χ2v) is 4.59. The number of hydrogen-bond donors (Lipinski definition) is 1. The van der Waals surface area contributed by atoms with E-state index in [0.717, 1.165) is 11.3 Å². The lowest BCUT2D eigenvalue weighted by molar-refractivity contribution is 0.331. The van der Waals surface area contributed by atoms with E-state index in [1.54, 1.807) is 7.11 Å². The minimum Gasteiger partial charge on any atom is -0.496 e. The molecule has 2 nitrogen and oxygen atoms in total. The predicted octanol–water partition coefficient (Wildman–Crippen LogP) is 3.57. The third-order valence-electron chi connectivity index (χ3n) is 3.22. The maximum Gasteiger partial charge on any atom is 0.122 e. The smallest absolute Gasteiger partial charge is 0.122 e. The van der Waals surface area contributed by atoms with E-state index in [2.05, 4.69) is 32.9 Å². The van der Waals surface area contributed by atoms with Crippen molar-refractivity contribution in [3.63, 3.8) is 0 Å². The van der Waals surface area contributed by atoms with Crippen LogP contribution in [0.3, 0.4) is 0 Å². The van der Waals surface area contributed by atoms with Crippen LogP contribution in [0.2, 0.25) is 0 Å². The molecule has 0 aliphatic carbocycles. The number of aliphatic hydroxyl groups excluding tert-OH is 1. The van der Waals surface area contributed by atoms with Crippen molar-refractivity contribution in [2.45, 2.75) is 27.7 Å². The molecule has 0 saturated carbocycles. The zero-order valence-corrected chi connectivity index (χ0v) is 11.9. The first-order valence-corrected chi connectivity index (χ1v) is 6.10. The minimum absolute atomic E-state index is 0.101. The van der Waals surface area contributed by atoms with Crippen LogP contribution < -0.4 is 4.74 Å². The van der Waals surface area contributed by atoms with E-state index in [1.807, 2.05) is 19.1 Å². The molecule has 0 aliphatic rings. The van der Waals surface area contributed by atoms with Crippen molar-refractivity contribution in [2.24, 2.45) is 0 Å². The molecule has 0 amide bonds. The molecule has 1 N–H and O–H groups in total. The normalized spacial score (nSPS) is 12.2. The Hall–Kier alpha value is -1.54. The van der Waals surface area contributed by atoms with Crippen LogP contribution >= 0.6 is 0 Å². The van der Waals surface area contributed by atoms with Crippen LogP contribution in [0.4, 0.5) is 0 Å². The van der Waals surface area contributed by atoms with Crippen molar-refractivity contribution >= 4 is 6.08 Å². The molecule has 0 spiro atoms. The fourth-order valence-corrected chi connectivity index (χ4v) is 1.89. The maximum atomic E-state index is 8.93. The summed E-state index contributed by atoms with van der Waals surface area (Å²) in [6, 6.07) is 2.06. The molecule has 1 rings (SSSR count). The fourth-order valence-electron chi connectivity index (χ4n) is 1.89. The number of rotatable bonds is 4. The molecule has 0 heterocycles. The van der Waals surface area contributed by atoms with Gasteiger partial charge in [-0.3, -0.25) is 0 Å². The highest BCUT2D eigenvalue weighted by Gasteiger charge is 2.07. The van der Waals surface area contributed by atoms with Crippen molar-refractivity contribution in [1.29, 1.82) is 0 Å². The molecule has 0 fully saturated rings. The van der Waals surface area contributed by atoms with E-state index in [-0.39, 0.29) is 6.61 Å². The van der Waals surface area contributed by atoms with Crippen LogP contribution in [-0.4, -0.2) is 18.8 Å². The van der Waals surface area contributed by atoms with Gasteiger partial charge in [0.1, 0.15) is 5.75 Å². The Morgan fingerprint density at radius 2 is 1.94 bits per heavy atom. The molecule has 1 aromatic carbocycles. The van der Waals surface area contributed by atoms with Gasteiger partial charge in [-0.15, -0.1) is 0 Å². The van der Waals surface area contributed by atoms with Crippen LogP contribution in [0, 0.1) is 20.8 Å². The Kier molecular flexibility index (Phi) is 5.17. The topological polar surface area (TPSA) is 29.5 Å². The number of benzene rings is 1. The summed E-state index contributed by atoms with van der Waals surface area (Å²) < 4.78 is 5.35. The maximum absolute atomic E-state index is 8.93. The molecule has 18 heavy (non-hydrogen) atoms. The number of aryl methyl sites for hydroxylation is 1. The molecule has 0 saturated heterocycles. The molecular formula is C16H22O2. The standard InChI is InChI=1S/C16H22O2/c1-11(10-17)7-6-8-15-12(2)9-16(18-5)14(4)13(15)3/h6-9,17H,10H2,1-5H3/b8-6-,11-7-. The highest BCUT2D eigenvalue weighted by molar-refractivity contribution is 5.63. The summed E-state index contributed by atoms with van der Waals surface area (Å²) in [4.78, 5) is 0. The first-order valence-electron chi connectivity index (χ1n) is 6.10. The van der Waals surface area contributed by atoms with Crippen molar-refractivity contribution in [3.05, 3.63) is 46.0 Å². The van der Waals surface area contributed by atoms with Crippen LogP contribution in [0.1, 0.15) is 29.2 Å². The molecule has 0 atom stereocenters. The molecule has 0 unspecified atom stereocenters. The second kappa shape index (κ2) is 6.41. The van der Waals surface area contributed by atoms with Gasteiger partial charge in [0.25, 0.3) is 0 Å². The molecule has 0 bridgehead atoms. The molecule has 0 aromatic heterocycles. The SMILES string of the molecule is COc1cc(C)c(/C=C\C=C(\C)CO)c(C)c1C. The van der Waals surface area contributed by atoms with Gasteiger partial charge in [-0.1, -0.05) is 18.2 Å². The minimum atomic E-state index is 0.101. The molecule has 1 aromatic rings. The summed E-state index contributed by atoms with van der Waals surface area (Å²) >= 11 is 0. The van der Waals surface area contributed by atoms with Crippen LogP contribution in [-0.2, 0) is 0 Å². The first-order chi connectivity index (χ1) is 8.51. The average molecular weight is 246 g/mol. The first kappa shape index (κ1) is 14.5. The predicted molar refractivity (Wildman–Crippen MR) is 77.1 cm³/mol. The Bertz CT molecular complexity index is 482. The van der Waals surface area contributed by atoms with Crippen molar-refractivity contribution < 1.29 is 9.84 Å². The van der Waals surface area contributed by atoms with E-state index in [9.17, 15) is 0 Å². The number of aliphatic hydroxyl groups is 1. The molecule has 2 heteroatoms. The summed E-state index contributed by atoms with van der Waals surface area (Å²) in [6.07, 6.45) is 5.99. The van der Waals surface area contributed by atoms with Gasteiger partial charge in [-0.25, -0.2) is 0 Å².